The maximum atomic E-state index is 14.4. The van der Waals surface area contributed by atoms with Crippen molar-refractivity contribution in [2.24, 2.45) is 22.7 Å². The van der Waals surface area contributed by atoms with Crippen molar-refractivity contribution in [3.8, 4) is 11.5 Å². The van der Waals surface area contributed by atoms with Crippen molar-refractivity contribution in [2.45, 2.75) is 282 Å². The van der Waals surface area contributed by atoms with Crippen molar-refractivity contribution in [2.75, 3.05) is 0 Å². The van der Waals surface area contributed by atoms with Crippen LogP contribution in [-0.2, 0) is 50.9 Å². The number of benzene rings is 2. The largest absolute Gasteiger partial charge is 1.00 e. The van der Waals surface area contributed by atoms with Crippen LogP contribution in [0.2, 0.25) is 0 Å². The van der Waals surface area contributed by atoms with Gasteiger partial charge in [-0.2, -0.15) is 0 Å². The molecule has 0 unspecified atom stereocenters. The van der Waals surface area contributed by atoms with Gasteiger partial charge in [0.25, 0.3) is 0 Å². The number of hydrogen-bond acceptors (Lipinski definition) is 15. The number of phenols is 2. The summed E-state index contributed by atoms with van der Waals surface area (Å²) in [5.74, 6) is -4.18. The predicted octanol–water partition coefficient (Wildman–Crippen LogP) is 7.26. The van der Waals surface area contributed by atoms with Gasteiger partial charge in [0.15, 0.2) is 0 Å². The maximum Gasteiger partial charge on any atom is 1.00 e. The number of ether oxygens (including phenoxy) is 6. The van der Waals surface area contributed by atoms with Crippen LogP contribution in [0.5, 0.6) is 11.5 Å². The van der Waals surface area contributed by atoms with Gasteiger partial charge in [0.1, 0.15) is 34.8 Å². The minimum absolute atomic E-state index is 0. The van der Waals surface area contributed by atoms with Gasteiger partial charge in [0.05, 0.1) is 66.5 Å². The Hall–Kier alpha value is -3.32. The molecule has 81 heavy (non-hydrogen) atoms. The fourth-order valence-corrected chi connectivity index (χ4v) is 13.2. The number of carbonyl (C=O) groups is 4. The topological polar surface area (TPSA) is 248 Å². The Bertz CT molecular complexity index is 2180. The van der Waals surface area contributed by atoms with Crippen molar-refractivity contribution in [3.05, 3.63) is 58.7 Å². The minimum Gasteiger partial charge on any atom is -0.549 e. The summed E-state index contributed by atoms with van der Waals surface area (Å²) >= 11 is 0. The summed E-state index contributed by atoms with van der Waals surface area (Å²) in [6.07, 6.45) is 11.4. The molecule has 0 radical (unpaired) electrons. The fraction of sp³-hybridized carbons (Fsp3) is 0.750. The zero-order valence-corrected chi connectivity index (χ0v) is 51.7. The first-order chi connectivity index (χ1) is 38.1. The molecule has 448 valence electrons. The number of aryl methyl sites for hydroxylation is 2. The SMILES string of the molecule is C[C@H]1CC[C@@H]2CCC[C@H](CCCc3cccc(O)c3C(=O)O[C@H](C[C@@H](O)C[C@@H]3CCC[C@H](C(C)(C)C(=O)O)O3)[C@@H](C)CC[C@@H]3CCC[C@H](CCCc4cccc(O)c4C(=O)O[C@@H]1C[C@@H](O)C[C@@H]1CCC[C@H](C(C)(C)C(=O)[O-])O1)O3)O2.[Na+]. The number of cyclic esters (lactones) is 2. The number of aliphatic hydroxyl groups excluding tert-OH is 2. The predicted molar refractivity (Wildman–Crippen MR) is 298 cm³/mol. The molecule has 2 aromatic rings. The molecule has 0 amide bonds. The summed E-state index contributed by atoms with van der Waals surface area (Å²) in [4.78, 5) is 53.0. The number of fused-ring (bicyclic) bond motifs is 6. The third kappa shape index (κ3) is 18.8. The molecule has 0 spiro atoms. The Morgan fingerprint density at radius 1 is 0.531 bits per heavy atom. The van der Waals surface area contributed by atoms with Crippen molar-refractivity contribution in [1.82, 2.24) is 0 Å². The number of phenolic OH excluding ortho intramolecular Hbond substituents is 2. The van der Waals surface area contributed by atoms with Crippen LogP contribution in [0.25, 0.3) is 0 Å². The second kappa shape index (κ2) is 31.2. The summed E-state index contributed by atoms with van der Waals surface area (Å²) < 4.78 is 38.8. The summed E-state index contributed by atoms with van der Waals surface area (Å²) in [6.45, 7) is 10.6. The number of esters is 2. The Kier molecular flexibility index (Phi) is 25.7. The number of rotatable bonds is 12. The normalized spacial score (nSPS) is 31.0. The number of aliphatic carboxylic acids is 2. The molecule has 14 atom stereocenters. The zero-order valence-electron chi connectivity index (χ0n) is 49.7. The molecular weight excluding hydrogens is 1050 g/mol. The van der Waals surface area contributed by atoms with Crippen molar-refractivity contribution in [3.63, 3.8) is 0 Å². The standard InChI is InChI=1S/C64H96O16.Na/c1-39-31-33-47-23-11-21-45(75-47)19-8-16-42-18-10-28-52(68)58(42)60(70)80-54(38-44(66)36-50-26-14-30-56(78-50)64(5,6)62(73)74)40(2)32-34-48-24-12-22-46(76-48)20-7-15-41-17-9-27-51(67)57(41)59(69)79-53(39)37-43(65)35-49-25-13-29-55(77-49)63(3,4)61(71)72;/h9-10,17-18,27-28,39-40,43-50,53-56,65-68H,7-8,11-16,19-26,29-38H2,1-6H3,(H,71,72)(H,73,74);/q;+1/p-1/t39-,40-,43-,44-,45-,46-,47-,48-,49-,50-,53+,54+,55+,56+;/m0./s1. The van der Waals surface area contributed by atoms with E-state index >= 15 is 0 Å². The molecule has 0 aromatic heterocycles. The monoisotopic (exact) mass is 1140 g/mol. The number of hydrogen-bond donors (Lipinski definition) is 5. The Labute approximate surface area is 503 Å². The van der Waals surface area contributed by atoms with Crippen molar-refractivity contribution >= 4 is 23.9 Å². The molecule has 0 saturated carbocycles. The van der Waals surface area contributed by atoms with Gasteiger partial charge < -0.3 is 63.9 Å². The van der Waals surface area contributed by atoms with Crippen LogP contribution < -0.4 is 34.7 Å². The second-order valence-corrected chi connectivity index (χ2v) is 25.7. The minimum atomic E-state index is -1.20. The van der Waals surface area contributed by atoms with Gasteiger partial charge in [-0.1, -0.05) is 52.0 Å². The van der Waals surface area contributed by atoms with Gasteiger partial charge in [0, 0.05) is 24.2 Å². The van der Waals surface area contributed by atoms with Crippen LogP contribution in [-0.4, -0.2) is 123 Å². The van der Waals surface area contributed by atoms with Gasteiger partial charge in [-0.05, 0) is 203 Å². The molecule has 17 heteroatoms. The summed E-state index contributed by atoms with van der Waals surface area (Å²) in [7, 11) is 0. The van der Waals surface area contributed by atoms with Gasteiger partial charge >= 0.3 is 47.5 Å². The maximum absolute atomic E-state index is 14.4. The van der Waals surface area contributed by atoms with E-state index in [9.17, 15) is 49.8 Å². The summed E-state index contributed by atoms with van der Waals surface area (Å²) in [6, 6.07) is 10.1. The molecular formula is C64H95NaO16. The van der Waals surface area contributed by atoms with E-state index < -0.39 is 71.3 Å². The first-order valence-corrected chi connectivity index (χ1v) is 30.5. The van der Waals surface area contributed by atoms with Crippen molar-refractivity contribution < 1.29 is 108 Å². The number of aliphatic hydroxyl groups is 2. The number of carboxylic acids is 2. The van der Waals surface area contributed by atoms with Crippen LogP contribution >= 0.6 is 0 Å². The molecule has 5 N–H and O–H groups in total. The van der Waals surface area contributed by atoms with Gasteiger partial charge in [-0.3, -0.25) is 4.79 Å². The van der Waals surface area contributed by atoms with Crippen LogP contribution in [0.1, 0.15) is 227 Å². The summed E-state index contributed by atoms with van der Waals surface area (Å²) in [5.41, 5.74) is -0.737. The molecule has 0 aliphatic carbocycles. The Balaban J connectivity index is 0.0000106. The molecule has 4 saturated heterocycles. The Morgan fingerprint density at radius 2 is 0.901 bits per heavy atom. The van der Waals surface area contributed by atoms with Crippen LogP contribution in [0.4, 0.5) is 0 Å². The third-order valence-electron chi connectivity index (χ3n) is 18.6. The van der Waals surface area contributed by atoms with Gasteiger partial charge in [-0.25, -0.2) is 9.59 Å². The quantitative estimate of drug-likeness (QED) is 0.104. The first kappa shape index (κ1) is 66.8. The molecule has 5 heterocycles. The second-order valence-electron chi connectivity index (χ2n) is 25.7. The smallest absolute Gasteiger partial charge is 0.549 e. The van der Waals surface area contributed by atoms with Gasteiger partial charge in [-0.15, -0.1) is 0 Å². The van der Waals surface area contributed by atoms with E-state index in [1.54, 1.807) is 39.8 Å². The molecule has 4 bridgehead atoms. The van der Waals surface area contributed by atoms with E-state index in [4.69, 9.17) is 28.4 Å². The molecule has 5 aliphatic heterocycles. The van der Waals surface area contributed by atoms with E-state index in [1.165, 1.54) is 12.1 Å². The van der Waals surface area contributed by atoms with Crippen LogP contribution in [0.15, 0.2) is 36.4 Å². The Morgan fingerprint density at radius 3 is 1.30 bits per heavy atom. The first-order valence-electron chi connectivity index (χ1n) is 30.5. The summed E-state index contributed by atoms with van der Waals surface area (Å²) in [5, 5.41) is 67.9. The van der Waals surface area contributed by atoms with E-state index in [0.717, 1.165) is 64.2 Å². The molecule has 2 aromatic carbocycles. The average molecular weight is 1140 g/mol. The number of carbonyl (C=O) groups excluding carboxylic acids is 3. The van der Waals surface area contributed by atoms with E-state index in [2.05, 4.69) is 0 Å². The van der Waals surface area contributed by atoms with E-state index in [1.807, 2.05) is 26.0 Å². The average Bonchev–Trinajstić information content (AvgIpc) is 3.42. The molecule has 16 nitrogen and oxygen atoms in total. The zero-order chi connectivity index (χ0) is 57.7. The van der Waals surface area contributed by atoms with Gasteiger partial charge in [0.2, 0.25) is 0 Å². The molecule has 4 fully saturated rings. The molecule has 7 rings (SSSR count). The number of aromatic hydroxyl groups is 2. The number of carboxylic acid groups (broad SMARTS) is 2. The van der Waals surface area contributed by atoms with Crippen LogP contribution in [0, 0.1) is 22.7 Å². The molecule has 5 aliphatic rings. The fourth-order valence-electron chi connectivity index (χ4n) is 13.2. The van der Waals surface area contributed by atoms with Crippen molar-refractivity contribution in [1.29, 1.82) is 0 Å². The van der Waals surface area contributed by atoms with Crippen LogP contribution in [0.3, 0.4) is 0 Å². The third-order valence-corrected chi connectivity index (χ3v) is 18.6. The van der Waals surface area contributed by atoms with E-state index in [-0.39, 0.29) is 126 Å². The van der Waals surface area contributed by atoms with E-state index in [0.29, 0.717) is 88.2 Å².